The van der Waals surface area contributed by atoms with Gasteiger partial charge in [-0.25, -0.2) is 17.5 Å². The lowest BCUT2D eigenvalue weighted by Crippen LogP contribution is -2.23. The monoisotopic (exact) mass is 388 g/mol. The van der Waals surface area contributed by atoms with Gasteiger partial charge in [0.1, 0.15) is 5.75 Å². The molecule has 0 bridgehead atoms. The maximum atomic E-state index is 12.3. The molecule has 0 radical (unpaired) electrons. The van der Waals surface area contributed by atoms with Crippen LogP contribution in [0.3, 0.4) is 0 Å². The SMILES string of the molecule is CN(C)S(=O)(=O)c1ccc(C(=O)Oc2ccc(N3CCCC3=O)cc2)cc1. The molecule has 1 saturated heterocycles. The van der Waals surface area contributed by atoms with Crippen LogP contribution in [0.5, 0.6) is 5.75 Å². The fraction of sp³-hybridized carbons (Fsp3) is 0.263. The third kappa shape index (κ3) is 4.01. The smallest absolute Gasteiger partial charge is 0.343 e. The minimum Gasteiger partial charge on any atom is -0.423 e. The maximum absolute atomic E-state index is 12.3. The van der Waals surface area contributed by atoms with Crippen LogP contribution < -0.4 is 9.64 Å². The van der Waals surface area contributed by atoms with Gasteiger partial charge in [0.15, 0.2) is 0 Å². The molecule has 1 amide bonds. The number of nitrogens with zero attached hydrogens (tertiary/aromatic N) is 2. The molecule has 0 atom stereocenters. The number of sulfonamides is 1. The number of carbonyl (C=O) groups excluding carboxylic acids is 2. The molecule has 142 valence electrons. The van der Waals surface area contributed by atoms with Crippen molar-refractivity contribution in [1.29, 1.82) is 0 Å². The molecule has 1 aliphatic heterocycles. The van der Waals surface area contributed by atoms with Gasteiger partial charge in [-0.2, -0.15) is 0 Å². The van der Waals surface area contributed by atoms with Crippen LogP contribution in [-0.4, -0.2) is 45.2 Å². The Hall–Kier alpha value is -2.71. The molecule has 1 heterocycles. The topological polar surface area (TPSA) is 84.0 Å². The van der Waals surface area contributed by atoms with E-state index in [0.717, 1.165) is 16.4 Å². The van der Waals surface area contributed by atoms with Crippen LogP contribution in [0, 0.1) is 0 Å². The lowest BCUT2D eigenvalue weighted by atomic mass is 10.2. The van der Waals surface area contributed by atoms with Crippen molar-refractivity contribution in [2.75, 3.05) is 25.5 Å². The zero-order chi connectivity index (χ0) is 19.6. The van der Waals surface area contributed by atoms with Crippen LogP contribution >= 0.6 is 0 Å². The number of amides is 1. The van der Waals surface area contributed by atoms with Gasteiger partial charge in [0.05, 0.1) is 10.5 Å². The van der Waals surface area contributed by atoms with Crippen LogP contribution in [0.4, 0.5) is 5.69 Å². The molecule has 0 N–H and O–H groups in total. The summed E-state index contributed by atoms with van der Waals surface area (Å²) in [6.45, 7) is 0.695. The molecule has 0 aliphatic carbocycles. The van der Waals surface area contributed by atoms with E-state index in [1.165, 1.54) is 38.4 Å². The molecule has 0 aromatic heterocycles. The van der Waals surface area contributed by atoms with Crippen molar-refractivity contribution in [3.05, 3.63) is 54.1 Å². The van der Waals surface area contributed by atoms with Crippen molar-refractivity contribution in [3.8, 4) is 5.75 Å². The van der Waals surface area contributed by atoms with E-state index in [9.17, 15) is 18.0 Å². The molecule has 8 heteroatoms. The average Bonchev–Trinajstić information content (AvgIpc) is 3.08. The predicted molar refractivity (Wildman–Crippen MR) is 100 cm³/mol. The number of esters is 1. The predicted octanol–water partition coefficient (Wildman–Crippen LogP) is 2.28. The zero-order valence-electron chi connectivity index (χ0n) is 15.1. The molecule has 1 aliphatic rings. The molecule has 2 aromatic rings. The summed E-state index contributed by atoms with van der Waals surface area (Å²) < 4.78 is 30.5. The molecule has 27 heavy (non-hydrogen) atoms. The molecule has 2 aromatic carbocycles. The van der Waals surface area contributed by atoms with E-state index in [1.54, 1.807) is 29.2 Å². The number of benzene rings is 2. The molecule has 0 saturated carbocycles. The Labute approximate surface area is 158 Å². The summed E-state index contributed by atoms with van der Waals surface area (Å²) >= 11 is 0. The van der Waals surface area contributed by atoms with Crippen molar-refractivity contribution in [3.63, 3.8) is 0 Å². The van der Waals surface area contributed by atoms with Crippen molar-refractivity contribution >= 4 is 27.6 Å². The first-order valence-electron chi connectivity index (χ1n) is 8.44. The molecule has 0 unspecified atom stereocenters. The fourth-order valence-corrected chi connectivity index (χ4v) is 3.66. The minimum absolute atomic E-state index is 0.0903. The highest BCUT2D eigenvalue weighted by atomic mass is 32.2. The van der Waals surface area contributed by atoms with Crippen LogP contribution in [0.1, 0.15) is 23.2 Å². The summed E-state index contributed by atoms with van der Waals surface area (Å²) in [5.41, 5.74) is 1.02. The maximum Gasteiger partial charge on any atom is 0.343 e. The quantitative estimate of drug-likeness (QED) is 0.580. The first kappa shape index (κ1) is 19.1. The zero-order valence-corrected chi connectivity index (χ0v) is 15.9. The first-order chi connectivity index (χ1) is 12.8. The summed E-state index contributed by atoms with van der Waals surface area (Å²) in [6.07, 6.45) is 1.39. The number of carbonyl (C=O) groups is 2. The summed E-state index contributed by atoms with van der Waals surface area (Å²) in [7, 11) is -0.664. The molecule has 1 fully saturated rings. The Morgan fingerprint density at radius 1 is 1.04 bits per heavy atom. The van der Waals surface area contributed by atoms with Crippen molar-refractivity contribution in [2.45, 2.75) is 17.7 Å². The van der Waals surface area contributed by atoms with E-state index >= 15 is 0 Å². The van der Waals surface area contributed by atoms with Crippen molar-refractivity contribution in [2.24, 2.45) is 0 Å². The number of ether oxygens (including phenoxy) is 1. The number of anilines is 1. The van der Waals surface area contributed by atoms with Crippen LogP contribution in [0.15, 0.2) is 53.4 Å². The number of hydrogen-bond donors (Lipinski definition) is 0. The Bertz CT molecular complexity index is 951. The molecular weight excluding hydrogens is 368 g/mol. The highest BCUT2D eigenvalue weighted by molar-refractivity contribution is 7.89. The highest BCUT2D eigenvalue weighted by Crippen LogP contribution is 2.24. The summed E-state index contributed by atoms with van der Waals surface area (Å²) in [4.78, 5) is 25.8. The second-order valence-corrected chi connectivity index (χ2v) is 8.50. The van der Waals surface area contributed by atoms with E-state index < -0.39 is 16.0 Å². The Morgan fingerprint density at radius 3 is 2.19 bits per heavy atom. The van der Waals surface area contributed by atoms with Crippen molar-refractivity contribution in [1.82, 2.24) is 4.31 Å². The normalized spacial score (nSPS) is 14.6. The van der Waals surface area contributed by atoms with Gasteiger partial charge >= 0.3 is 5.97 Å². The molecule has 7 nitrogen and oxygen atoms in total. The van der Waals surface area contributed by atoms with Crippen LogP contribution in [0.25, 0.3) is 0 Å². The van der Waals surface area contributed by atoms with Gasteiger partial charge in [-0.05, 0) is 55.0 Å². The highest BCUT2D eigenvalue weighted by Gasteiger charge is 2.22. The molecular formula is C19H20N2O5S. The third-order valence-electron chi connectivity index (χ3n) is 4.30. The van der Waals surface area contributed by atoms with Gasteiger partial charge in [0, 0.05) is 32.7 Å². The first-order valence-corrected chi connectivity index (χ1v) is 9.88. The second kappa shape index (κ2) is 7.50. The van der Waals surface area contributed by atoms with Gasteiger partial charge in [0.2, 0.25) is 15.9 Å². The van der Waals surface area contributed by atoms with Gasteiger partial charge in [-0.1, -0.05) is 0 Å². The van der Waals surface area contributed by atoms with E-state index in [-0.39, 0.29) is 16.4 Å². The lowest BCUT2D eigenvalue weighted by molar-refractivity contribution is -0.117. The molecule has 0 spiro atoms. The minimum atomic E-state index is -3.55. The van der Waals surface area contributed by atoms with Crippen molar-refractivity contribution < 1.29 is 22.7 Å². The lowest BCUT2D eigenvalue weighted by Gasteiger charge is -2.15. The van der Waals surface area contributed by atoms with Gasteiger partial charge < -0.3 is 9.64 Å². The molecule has 3 rings (SSSR count). The Balaban J connectivity index is 1.69. The van der Waals surface area contributed by atoms with E-state index in [4.69, 9.17) is 4.74 Å². The largest absolute Gasteiger partial charge is 0.423 e. The fourth-order valence-electron chi connectivity index (χ4n) is 2.76. The van der Waals surface area contributed by atoms with Crippen LogP contribution in [0.2, 0.25) is 0 Å². The third-order valence-corrected chi connectivity index (χ3v) is 6.13. The summed E-state index contributed by atoms with van der Waals surface area (Å²) in [5.74, 6) is -0.151. The summed E-state index contributed by atoms with van der Waals surface area (Å²) in [6, 6.07) is 12.3. The van der Waals surface area contributed by atoms with Gasteiger partial charge in [-0.3, -0.25) is 4.79 Å². The van der Waals surface area contributed by atoms with E-state index in [0.29, 0.717) is 18.7 Å². The summed E-state index contributed by atoms with van der Waals surface area (Å²) in [5, 5.41) is 0. The standard InChI is InChI=1S/C19H20N2O5S/c1-20(2)27(24,25)17-11-5-14(6-12-17)19(23)26-16-9-7-15(8-10-16)21-13-3-4-18(21)22/h5-12H,3-4,13H2,1-2H3. The van der Waals surface area contributed by atoms with E-state index in [1.807, 2.05) is 0 Å². The average molecular weight is 388 g/mol. The number of rotatable bonds is 5. The van der Waals surface area contributed by atoms with Gasteiger partial charge in [0.25, 0.3) is 0 Å². The van der Waals surface area contributed by atoms with E-state index in [2.05, 4.69) is 0 Å². The number of hydrogen-bond acceptors (Lipinski definition) is 5. The second-order valence-electron chi connectivity index (χ2n) is 6.34. The Kier molecular flexibility index (Phi) is 5.29. The Morgan fingerprint density at radius 2 is 1.67 bits per heavy atom. The van der Waals surface area contributed by atoms with Gasteiger partial charge in [-0.15, -0.1) is 0 Å². The van der Waals surface area contributed by atoms with Crippen LogP contribution in [-0.2, 0) is 14.8 Å².